The summed E-state index contributed by atoms with van der Waals surface area (Å²) >= 11 is 0. The van der Waals surface area contributed by atoms with Crippen molar-refractivity contribution < 1.29 is 24.3 Å². The summed E-state index contributed by atoms with van der Waals surface area (Å²) < 4.78 is 5.17. The van der Waals surface area contributed by atoms with E-state index in [1.165, 1.54) is 18.6 Å². The van der Waals surface area contributed by atoms with E-state index in [1.807, 2.05) is 0 Å². The smallest absolute Gasteiger partial charge is 0.323 e. The van der Waals surface area contributed by atoms with Crippen molar-refractivity contribution in [1.82, 2.24) is 30.7 Å². The Bertz CT molecular complexity index is 723. The van der Waals surface area contributed by atoms with Crippen LogP contribution < -0.4 is 16.4 Å². The molecule has 2 aromatic rings. The Morgan fingerprint density at radius 2 is 2.04 bits per heavy atom. The highest BCUT2D eigenvalue weighted by atomic mass is 16.5. The average molecular weight is 365 g/mol. The highest BCUT2D eigenvalue weighted by Gasteiger charge is 2.22. The lowest BCUT2D eigenvalue weighted by Gasteiger charge is -2.15. The number of aliphatic carboxylic acids is 1. The number of aliphatic hydroxyl groups excluding tert-OH is 1. The Morgan fingerprint density at radius 1 is 1.27 bits per heavy atom. The molecule has 0 bridgehead atoms. The first kappa shape index (κ1) is 19.4. The molecule has 0 radical (unpaired) electrons. The van der Waals surface area contributed by atoms with Gasteiger partial charge in [-0.05, 0) is 0 Å². The van der Waals surface area contributed by atoms with Crippen LogP contribution in [0.2, 0.25) is 0 Å². The molecule has 2 rings (SSSR count). The molecule has 0 aliphatic heterocycles. The first-order chi connectivity index (χ1) is 12.5. The lowest BCUT2D eigenvalue weighted by molar-refractivity contribution is -0.140. The highest BCUT2D eigenvalue weighted by Crippen LogP contribution is 2.18. The molecule has 12 heteroatoms. The van der Waals surface area contributed by atoms with Gasteiger partial charge >= 0.3 is 5.97 Å². The quantitative estimate of drug-likeness (QED) is 0.279. The van der Waals surface area contributed by atoms with Crippen LogP contribution in [0.25, 0.3) is 11.5 Å². The van der Waals surface area contributed by atoms with Gasteiger partial charge in [-0.15, -0.1) is 0 Å². The standard InChI is InChI=1S/C14H19N7O5/c15-11(23)5-8(17-3-4-19-10(7-22)14(24)25)13-20-12(21-26-13)9-6-16-1-2-18-9/h1-2,6,8,10,17,19,22H,3-5,7H2,(H2,15,23)(H,24,25)/t8-,10-/m0/s1. The summed E-state index contributed by atoms with van der Waals surface area (Å²) in [7, 11) is 0. The number of rotatable bonds is 11. The number of carbonyl (C=O) groups excluding carboxylic acids is 1. The number of nitrogens with zero attached hydrogens (tertiary/aromatic N) is 4. The average Bonchev–Trinajstić information content (AvgIpc) is 3.11. The van der Waals surface area contributed by atoms with Crippen molar-refractivity contribution in [2.75, 3.05) is 19.7 Å². The van der Waals surface area contributed by atoms with Crippen molar-refractivity contribution in [2.45, 2.75) is 18.5 Å². The largest absolute Gasteiger partial charge is 0.480 e. The summed E-state index contributed by atoms with van der Waals surface area (Å²) in [6.07, 6.45) is 4.36. The Balaban J connectivity index is 1.98. The van der Waals surface area contributed by atoms with E-state index < -0.39 is 30.6 Å². The van der Waals surface area contributed by atoms with Crippen LogP contribution in [0.5, 0.6) is 0 Å². The second-order valence-electron chi connectivity index (χ2n) is 5.25. The van der Waals surface area contributed by atoms with Gasteiger partial charge in [0.1, 0.15) is 11.7 Å². The second kappa shape index (κ2) is 9.50. The van der Waals surface area contributed by atoms with Gasteiger partial charge in [-0.2, -0.15) is 4.98 Å². The number of carboxylic acids is 1. The van der Waals surface area contributed by atoms with E-state index in [-0.39, 0.29) is 31.2 Å². The van der Waals surface area contributed by atoms with Crippen molar-refractivity contribution in [1.29, 1.82) is 0 Å². The molecule has 0 saturated carbocycles. The summed E-state index contributed by atoms with van der Waals surface area (Å²) in [6.45, 7) is -0.0479. The number of aliphatic hydroxyl groups is 1. The summed E-state index contributed by atoms with van der Waals surface area (Å²) in [6, 6.07) is -1.72. The minimum absolute atomic E-state index is 0.0928. The van der Waals surface area contributed by atoms with E-state index >= 15 is 0 Å². The second-order valence-corrected chi connectivity index (χ2v) is 5.25. The lowest BCUT2D eigenvalue weighted by atomic mass is 10.2. The van der Waals surface area contributed by atoms with E-state index in [0.717, 1.165) is 0 Å². The van der Waals surface area contributed by atoms with Crippen LogP contribution >= 0.6 is 0 Å². The molecule has 0 aliphatic carbocycles. The molecular formula is C14H19N7O5. The monoisotopic (exact) mass is 365 g/mol. The molecule has 1 amide bonds. The van der Waals surface area contributed by atoms with Crippen LogP contribution in [-0.4, -0.2) is 67.9 Å². The van der Waals surface area contributed by atoms with Gasteiger partial charge in [0.25, 0.3) is 0 Å². The number of primary amides is 1. The van der Waals surface area contributed by atoms with Gasteiger partial charge in [0.15, 0.2) is 0 Å². The minimum Gasteiger partial charge on any atom is -0.480 e. The number of carbonyl (C=O) groups is 2. The predicted molar refractivity (Wildman–Crippen MR) is 86.4 cm³/mol. The molecule has 0 unspecified atom stereocenters. The normalized spacial score (nSPS) is 13.3. The Morgan fingerprint density at radius 3 is 2.65 bits per heavy atom. The molecule has 2 aromatic heterocycles. The van der Waals surface area contributed by atoms with Crippen LogP contribution in [0.3, 0.4) is 0 Å². The maximum Gasteiger partial charge on any atom is 0.323 e. The third-order valence-electron chi connectivity index (χ3n) is 3.32. The Labute approximate surface area is 147 Å². The zero-order valence-electron chi connectivity index (χ0n) is 13.7. The van der Waals surface area contributed by atoms with Crippen molar-refractivity contribution in [2.24, 2.45) is 5.73 Å². The van der Waals surface area contributed by atoms with E-state index in [0.29, 0.717) is 5.69 Å². The molecule has 0 fully saturated rings. The maximum absolute atomic E-state index is 11.3. The number of hydrogen-bond donors (Lipinski definition) is 5. The number of nitrogens with two attached hydrogens (primary N) is 1. The molecule has 2 heterocycles. The molecule has 0 saturated heterocycles. The Hall–Kier alpha value is -2.96. The lowest BCUT2D eigenvalue weighted by Crippen LogP contribution is -2.43. The van der Waals surface area contributed by atoms with Gasteiger partial charge in [0.2, 0.25) is 17.6 Å². The number of nitrogens with one attached hydrogen (secondary N) is 2. The minimum atomic E-state index is -1.16. The van der Waals surface area contributed by atoms with E-state index in [9.17, 15) is 9.59 Å². The van der Waals surface area contributed by atoms with Crippen molar-refractivity contribution in [3.8, 4) is 11.5 Å². The summed E-state index contributed by atoms with van der Waals surface area (Å²) in [4.78, 5) is 34.2. The van der Waals surface area contributed by atoms with Crippen LogP contribution in [0, 0.1) is 0 Å². The zero-order chi connectivity index (χ0) is 18.9. The van der Waals surface area contributed by atoms with Crippen LogP contribution in [-0.2, 0) is 9.59 Å². The number of amides is 1. The van der Waals surface area contributed by atoms with Crippen LogP contribution in [0.1, 0.15) is 18.4 Å². The van der Waals surface area contributed by atoms with Gasteiger partial charge in [-0.3, -0.25) is 14.6 Å². The van der Waals surface area contributed by atoms with Crippen molar-refractivity contribution in [3.05, 3.63) is 24.5 Å². The number of carboxylic acid groups (broad SMARTS) is 1. The fraction of sp³-hybridized carbons (Fsp3) is 0.429. The molecule has 140 valence electrons. The summed E-state index contributed by atoms with van der Waals surface area (Å²) in [5.74, 6) is -1.38. The van der Waals surface area contributed by atoms with Crippen LogP contribution in [0.15, 0.2) is 23.1 Å². The summed E-state index contributed by atoms with van der Waals surface area (Å²) in [5.41, 5.74) is 5.66. The van der Waals surface area contributed by atoms with Gasteiger partial charge in [-0.25, -0.2) is 4.98 Å². The van der Waals surface area contributed by atoms with E-state index in [1.54, 1.807) is 0 Å². The molecular weight excluding hydrogens is 346 g/mol. The maximum atomic E-state index is 11.3. The third kappa shape index (κ3) is 5.54. The molecule has 0 spiro atoms. The molecule has 0 aliphatic rings. The first-order valence-electron chi connectivity index (χ1n) is 7.70. The first-order valence-corrected chi connectivity index (χ1v) is 7.70. The highest BCUT2D eigenvalue weighted by molar-refractivity contribution is 5.74. The fourth-order valence-electron chi connectivity index (χ4n) is 2.07. The molecule has 26 heavy (non-hydrogen) atoms. The van der Waals surface area contributed by atoms with E-state index in [2.05, 4.69) is 30.7 Å². The van der Waals surface area contributed by atoms with Crippen LogP contribution in [0.4, 0.5) is 0 Å². The number of aromatic nitrogens is 4. The van der Waals surface area contributed by atoms with Gasteiger partial charge in [-0.1, -0.05) is 5.16 Å². The predicted octanol–water partition coefficient (Wildman–Crippen LogP) is -1.93. The van der Waals surface area contributed by atoms with Gasteiger partial charge in [0, 0.05) is 25.5 Å². The summed E-state index contributed by atoms with van der Waals surface area (Å²) in [5, 5.41) is 27.2. The van der Waals surface area contributed by atoms with Crippen molar-refractivity contribution >= 4 is 11.9 Å². The molecule has 12 nitrogen and oxygen atoms in total. The fourth-order valence-corrected chi connectivity index (χ4v) is 2.07. The van der Waals surface area contributed by atoms with Gasteiger partial charge in [0.05, 0.1) is 25.3 Å². The molecule has 6 N–H and O–H groups in total. The topological polar surface area (TPSA) is 189 Å². The Kier molecular flexibility index (Phi) is 7.08. The molecule has 2 atom stereocenters. The number of hydrogen-bond acceptors (Lipinski definition) is 10. The molecule has 0 aromatic carbocycles. The van der Waals surface area contributed by atoms with Crippen molar-refractivity contribution in [3.63, 3.8) is 0 Å². The SMILES string of the molecule is NC(=O)C[C@H](NCCN[C@@H](CO)C(=O)O)c1nc(-c2cnccn2)no1. The van der Waals surface area contributed by atoms with E-state index in [4.69, 9.17) is 20.5 Å². The third-order valence-corrected chi connectivity index (χ3v) is 3.32. The zero-order valence-corrected chi connectivity index (χ0v) is 13.7. The van der Waals surface area contributed by atoms with Gasteiger partial charge < -0.3 is 31.1 Å².